The zero-order chi connectivity index (χ0) is 11.4. The van der Waals surface area contributed by atoms with Crippen LogP contribution in [-0.4, -0.2) is 39.2 Å². The minimum Gasteiger partial charge on any atom is -0.335 e. The number of aromatic nitrogens is 3. The Balaban J connectivity index is 1.79. The Labute approximate surface area is 94.4 Å². The highest BCUT2D eigenvalue weighted by atomic mass is 16.2. The van der Waals surface area contributed by atoms with Gasteiger partial charge in [0.05, 0.1) is 6.54 Å². The number of hydrogen-bond donors (Lipinski definition) is 2. The molecule has 1 aliphatic rings. The van der Waals surface area contributed by atoms with Gasteiger partial charge in [0, 0.05) is 13.1 Å². The van der Waals surface area contributed by atoms with Crippen molar-refractivity contribution in [1.82, 2.24) is 25.4 Å². The first-order chi connectivity index (χ1) is 7.75. The molecule has 1 aromatic heterocycles. The van der Waals surface area contributed by atoms with Crippen LogP contribution in [0.1, 0.15) is 31.5 Å². The summed E-state index contributed by atoms with van der Waals surface area (Å²) in [4.78, 5) is 17.4. The van der Waals surface area contributed by atoms with Crippen LogP contribution >= 0.6 is 0 Å². The van der Waals surface area contributed by atoms with Crippen LogP contribution in [0.3, 0.4) is 0 Å². The first-order valence-electron chi connectivity index (χ1n) is 5.61. The summed E-state index contributed by atoms with van der Waals surface area (Å²) in [5.74, 6) is 0.698. The zero-order valence-corrected chi connectivity index (χ0v) is 9.44. The minimum atomic E-state index is -0.0386. The van der Waals surface area contributed by atoms with E-state index in [1.165, 1.54) is 19.2 Å². The molecule has 1 saturated carbocycles. The van der Waals surface area contributed by atoms with Crippen LogP contribution in [0, 0.1) is 0 Å². The second-order valence-corrected chi connectivity index (χ2v) is 4.22. The summed E-state index contributed by atoms with van der Waals surface area (Å²) >= 11 is 0. The molecule has 0 aromatic carbocycles. The molecule has 2 amide bonds. The molecule has 0 bridgehead atoms. The van der Waals surface area contributed by atoms with Gasteiger partial charge in [-0.3, -0.25) is 5.10 Å². The SMILES string of the molecule is CN(Cc1ncn[nH]1)C(=O)NC1CCCC1. The van der Waals surface area contributed by atoms with E-state index in [9.17, 15) is 4.79 Å². The van der Waals surface area contributed by atoms with E-state index in [1.54, 1.807) is 11.9 Å². The number of hydrogen-bond acceptors (Lipinski definition) is 3. The Morgan fingerprint density at radius 1 is 1.62 bits per heavy atom. The number of aromatic amines is 1. The molecule has 6 nitrogen and oxygen atoms in total. The van der Waals surface area contributed by atoms with Gasteiger partial charge in [0.1, 0.15) is 12.2 Å². The summed E-state index contributed by atoms with van der Waals surface area (Å²) in [6.07, 6.45) is 6.08. The number of H-pyrrole nitrogens is 1. The van der Waals surface area contributed by atoms with Gasteiger partial charge in [-0.1, -0.05) is 12.8 Å². The zero-order valence-electron chi connectivity index (χ0n) is 9.44. The highest BCUT2D eigenvalue weighted by Gasteiger charge is 2.19. The maximum absolute atomic E-state index is 11.8. The van der Waals surface area contributed by atoms with Crippen LogP contribution in [0.4, 0.5) is 4.79 Å². The van der Waals surface area contributed by atoms with Gasteiger partial charge in [0.25, 0.3) is 0 Å². The largest absolute Gasteiger partial charge is 0.335 e. The molecule has 0 radical (unpaired) electrons. The minimum absolute atomic E-state index is 0.0386. The number of carbonyl (C=O) groups is 1. The smallest absolute Gasteiger partial charge is 0.317 e. The van der Waals surface area contributed by atoms with Gasteiger partial charge >= 0.3 is 6.03 Å². The molecule has 0 unspecified atom stereocenters. The average Bonchev–Trinajstić information content (AvgIpc) is 2.90. The predicted molar refractivity (Wildman–Crippen MR) is 58.6 cm³/mol. The van der Waals surface area contributed by atoms with Crippen LogP contribution in [-0.2, 0) is 6.54 Å². The van der Waals surface area contributed by atoms with Crippen molar-refractivity contribution in [2.24, 2.45) is 0 Å². The van der Waals surface area contributed by atoms with E-state index in [0.717, 1.165) is 12.8 Å². The fraction of sp³-hybridized carbons (Fsp3) is 0.700. The van der Waals surface area contributed by atoms with E-state index >= 15 is 0 Å². The Kier molecular flexibility index (Phi) is 3.38. The van der Waals surface area contributed by atoms with Crippen molar-refractivity contribution in [1.29, 1.82) is 0 Å². The quantitative estimate of drug-likeness (QED) is 0.799. The van der Waals surface area contributed by atoms with E-state index in [4.69, 9.17) is 0 Å². The monoisotopic (exact) mass is 223 g/mol. The normalized spacial score (nSPS) is 16.3. The van der Waals surface area contributed by atoms with E-state index in [0.29, 0.717) is 18.4 Å². The molecule has 1 aromatic rings. The molecule has 1 fully saturated rings. The Morgan fingerprint density at radius 2 is 2.38 bits per heavy atom. The van der Waals surface area contributed by atoms with Gasteiger partial charge < -0.3 is 10.2 Å². The van der Waals surface area contributed by atoms with Crippen LogP contribution < -0.4 is 5.32 Å². The number of carbonyl (C=O) groups excluding carboxylic acids is 1. The maximum atomic E-state index is 11.8. The van der Waals surface area contributed by atoms with Crippen molar-refractivity contribution >= 4 is 6.03 Å². The summed E-state index contributed by atoms with van der Waals surface area (Å²) in [5, 5.41) is 9.49. The molecule has 0 spiro atoms. The molecule has 2 N–H and O–H groups in total. The second-order valence-electron chi connectivity index (χ2n) is 4.22. The fourth-order valence-electron chi connectivity index (χ4n) is 1.96. The Hall–Kier alpha value is -1.59. The molecule has 1 aliphatic carbocycles. The molecule has 0 saturated heterocycles. The van der Waals surface area contributed by atoms with Gasteiger partial charge in [0.2, 0.25) is 0 Å². The molecule has 1 heterocycles. The molecule has 0 atom stereocenters. The van der Waals surface area contributed by atoms with Gasteiger partial charge in [-0.05, 0) is 12.8 Å². The van der Waals surface area contributed by atoms with Gasteiger partial charge in [-0.25, -0.2) is 9.78 Å². The lowest BCUT2D eigenvalue weighted by molar-refractivity contribution is 0.201. The van der Waals surface area contributed by atoms with Crippen LogP contribution in [0.5, 0.6) is 0 Å². The number of nitrogens with zero attached hydrogens (tertiary/aromatic N) is 3. The number of nitrogens with one attached hydrogen (secondary N) is 2. The predicted octanol–water partition coefficient (Wildman–Crippen LogP) is 0.889. The number of urea groups is 1. The number of rotatable bonds is 3. The molecular weight excluding hydrogens is 206 g/mol. The van der Waals surface area contributed by atoms with Crippen molar-refractivity contribution in [2.75, 3.05) is 7.05 Å². The van der Waals surface area contributed by atoms with E-state index in [1.807, 2.05) is 0 Å². The molecule has 88 valence electrons. The van der Waals surface area contributed by atoms with Gasteiger partial charge in [0.15, 0.2) is 0 Å². The standard InChI is InChI=1S/C10H17N5O/c1-15(6-9-11-7-12-14-9)10(16)13-8-4-2-3-5-8/h7-8H,2-6H2,1H3,(H,13,16)(H,11,12,14). The molecular formula is C10H17N5O. The molecule has 2 rings (SSSR count). The van der Waals surface area contributed by atoms with Crippen molar-refractivity contribution < 1.29 is 4.79 Å². The van der Waals surface area contributed by atoms with Crippen molar-refractivity contribution in [3.8, 4) is 0 Å². The van der Waals surface area contributed by atoms with Crippen molar-refractivity contribution in [3.05, 3.63) is 12.2 Å². The van der Waals surface area contributed by atoms with Crippen LogP contribution in [0.25, 0.3) is 0 Å². The number of amides is 2. The Morgan fingerprint density at radius 3 is 3.00 bits per heavy atom. The third-order valence-corrected chi connectivity index (χ3v) is 2.88. The fourth-order valence-corrected chi connectivity index (χ4v) is 1.96. The first kappa shape index (κ1) is 10.9. The summed E-state index contributed by atoms with van der Waals surface area (Å²) in [6.45, 7) is 0.457. The summed E-state index contributed by atoms with van der Waals surface area (Å²) in [6, 6.07) is 0.313. The summed E-state index contributed by atoms with van der Waals surface area (Å²) < 4.78 is 0. The Bertz CT molecular complexity index is 331. The van der Waals surface area contributed by atoms with E-state index in [-0.39, 0.29) is 6.03 Å². The lowest BCUT2D eigenvalue weighted by Crippen LogP contribution is -2.41. The summed E-state index contributed by atoms with van der Waals surface area (Å²) in [7, 11) is 1.76. The topological polar surface area (TPSA) is 73.9 Å². The van der Waals surface area contributed by atoms with Gasteiger partial charge in [-0.2, -0.15) is 5.10 Å². The van der Waals surface area contributed by atoms with Gasteiger partial charge in [-0.15, -0.1) is 0 Å². The highest BCUT2D eigenvalue weighted by molar-refractivity contribution is 5.74. The molecule has 0 aliphatic heterocycles. The van der Waals surface area contributed by atoms with Crippen LogP contribution in [0.15, 0.2) is 6.33 Å². The third-order valence-electron chi connectivity index (χ3n) is 2.88. The lowest BCUT2D eigenvalue weighted by Gasteiger charge is -2.19. The maximum Gasteiger partial charge on any atom is 0.317 e. The average molecular weight is 223 g/mol. The molecule has 6 heteroatoms. The highest BCUT2D eigenvalue weighted by Crippen LogP contribution is 2.17. The summed E-state index contributed by atoms with van der Waals surface area (Å²) in [5.41, 5.74) is 0. The second kappa shape index (κ2) is 4.96. The molecule has 16 heavy (non-hydrogen) atoms. The van der Waals surface area contributed by atoms with Crippen molar-refractivity contribution in [3.63, 3.8) is 0 Å². The van der Waals surface area contributed by atoms with Crippen molar-refractivity contribution in [2.45, 2.75) is 38.3 Å². The lowest BCUT2D eigenvalue weighted by atomic mass is 10.2. The first-order valence-corrected chi connectivity index (χ1v) is 5.61. The van der Waals surface area contributed by atoms with Crippen LogP contribution in [0.2, 0.25) is 0 Å². The van der Waals surface area contributed by atoms with E-state index in [2.05, 4.69) is 20.5 Å². The van der Waals surface area contributed by atoms with E-state index < -0.39 is 0 Å². The third kappa shape index (κ3) is 2.71.